The van der Waals surface area contributed by atoms with Gasteiger partial charge in [0.25, 0.3) is 0 Å². The first-order chi connectivity index (χ1) is 19.8. The Hall–Kier alpha value is -4.00. The lowest BCUT2D eigenvalue weighted by molar-refractivity contribution is -0.141. The van der Waals surface area contributed by atoms with E-state index in [2.05, 4.69) is 29.6 Å². The second-order valence-electron chi connectivity index (χ2n) is 10.4. The highest BCUT2D eigenvalue weighted by molar-refractivity contribution is 5.90. The molecule has 3 aromatic rings. The van der Waals surface area contributed by atoms with Crippen LogP contribution >= 0.6 is 0 Å². The molecule has 13 heteroatoms. The summed E-state index contributed by atoms with van der Waals surface area (Å²) in [4.78, 5) is 32.5. The summed E-state index contributed by atoms with van der Waals surface area (Å²) >= 11 is 0. The van der Waals surface area contributed by atoms with Crippen LogP contribution in [0.4, 0.5) is 30.8 Å². The molecule has 0 N–H and O–H groups in total. The van der Waals surface area contributed by atoms with Gasteiger partial charge in [-0.2, -0.15) is 13.2 Å². The zero-order valence-corrected chi connectivity index (χ0v) is 22.4. The van der Waals surface area contributed by atoms with E-state index in [1.807, 2.05) is 18.2 Å². The van der Waals surface area contributed by atoms with Crippen molar-refractivity contribution in [2.24, 2.45) is 0 Å². The van der Waals surface area contributed by atoms with Crippen LogP contribution in [0.15, 0.2) is 42.9 Å². The highest BCUT2D eigenvalue weighted by Crippen LogP contribution is 2.50. The molecule has 0 unspecified atom stereocenters. The first-order valence-electron chi connectivity index (χ1n) is 13.5. The van der Waals surface area contributed by atoms with Crippen molar-refractivity contribution in [3.05, 3.63) is 59.7 Å². The molecule has 5 heterocycles. The largest absolute Gasteiger partial charge is 0.490 e. The van der Waals surface area contributed by atoms with Crippen molar-refractivity contribution in [3.8, 4) is 5.75 Å². The van der Waals surface area contributed by atoms with Gasteiger partial charge in [-0.15, -0.1) is 0 Å². The maximum Gasteiger partial charge on any atom is 0.434 e. The second kappa shape index (κ2) is 10.8. The first kappa shape index (κ1) is 27.2. The maximum absolute atomic E-state index is 13.9. The Morgan fingerprint density at radius 2 is 1.80 bits per heavy atom. The molecule has 0 bridgehead atoms. The topological polar surface area (TPSA) is 103 Å². The Morgan fingerprint density at radius 1 is 1.07 bits per heavy atom. The minimum Gasteiger partial charge on any atom is -0.490 e. The summed E-state index contributed by atoms with van der Waals surface area (Å²) in [5.74, 6) is 0.152. The minimum atomic E-state index is -4.86. The van der Waals surface area contributed by atoms with Gasteiger partial charge in [0.1, 0.15) is 17.4 Å². The van der Waals surface area contributed by atoms with Gasteiger partial charge in [0.05, 0.1) is 7.11 Å². The van der Waals surface area contributed by atoms with Crippen LogP contribution in [0.1, 0.15) is 47.3 Å². The molecule has 10 nitrogen and oxygen atoms in total. The average molecular weight is 571 g/mol. The molecule has 6 rings (SSSR count). The number of piperidine rings is 1. The number of aromatic nitrogens is 4. The predicted octanol–water partition coefficient (Wildman–Crippen LogP) is 4.32. The number of hydrogen-bond acceptors (Lipinski definition) is 10. The summed E-state index contributed by atoms with van der Waals surface area (Å²) in [5, 5.41) is 0. The van der Waals surface area contributed by atoms with E-state index < -0.39 is 23.4 Å². The van der Waals surface area contributed by atoms with E-state index >= 15 is 0 Å². The Kier molecular flexibility index (Phi) is 7.14. The molecule has 0 saturated carbocycles. The number of nitrogens with zero attached hydrogens (tertiary/aromatic N) is 6. The highest BCUT2D eigenvalue weighted by Gasteiger charge is 2.46. The van der Waals surface area contributed by atoms with Crippen LogP contribution in [-0.2, 0) is 21.1 Å². The molecule has 2 fully saturated rings. The van der Waals surface area contributed by atoms with Gasteiger partial charge in [0.15, 0.2) is 5.69 Å². The fourth-order valence-electron chi connectivity index (χ4n) is 5.89. The van der Waals surface area contributed by atoms with Gasteiger partial charge in [-0.3, -0.25) is 0 Å². The van der Waals surface area contributed by atoms with E-state index in [4.69, 9.17) is 9.47 Å². The smallest absolute Gasteiger partial charge is 0.434 e. The van der Waals surface area contributed by atoms with E-state index in [-0.39, 0.29) is 17.5 Å². The van der Waals surface area contributed by atoms with E-state index in [0.717, 1.165) is 44.8 Å². The summed E-state index contributed by atoms with van der Waals surface area (Å²) in [6.45, 7) is 3.01. The molecule has 3 aliphatic rings. The molecule has 0 atom stereocenters. The number of alkyl halides is 3. The normalized spacial score (nSPS) is 18.8. The molecule has 3 aliphatic heterocycles. The Balaban J connectivity index is 1.27. The van der Waals surface area contributed by atoms with Crippen LogP contribution in [0.2, 0.25) is 0 Å². The molecular formula is C28H29F3N6O4. The van der Waals surface area contributed by atoms with Crippen LogP contribution in [0.5, 0.6) is 5.75 Å². The maximum atomic E-state index is 13.9. The van der Waals surface area contributed by atoms with Crippen molar-refractivity contribution in [2.75, 3.05) is 49.8 Å². The Labute approximate surface area is 234 Å². The number of ether oxygens (including phenoxy) is 3. The highest BCUT2D eigenvalue weighted by atomic mass is 19.4. The molecule has 216 valence electrons. The summed E-state index contributed by atoms with van der Waals surface area (Å²) in [6.07, 6.45) is 2.50. The van der Waals surface area contributed by atoms with Crippen molar-refractivity contribution < 1.29 is 32.2 Å². The number of benzene rings is 1. The summed E-state index contributed by atoms with van der Waals surface area (Å²) in [5.41, 5.74) is -0.713. The Bertz CT molecular complexity index is 1410. The lowest BCUT2D eigenvalue weighted by Gasteiger charge is -2.34. The number of hydrogen-bond donors (Lipinski definition) is 0. The van der Waals surface area contributed by atoms with Crippen molar-refractivity contribution in [2.45, 2.75) is 43.4 Å². The standard InChI is InChI=1S/C28H29F3N6O4/c1-39-24(38)20-16-34-26(35-23(20)28(29,30)31)37-17-27(7-13-40-14-8-27)21-15-19(3-4-22(21)37)41-18-5-11-36(12-6-18)25-32-9-2-10-33-25/h2-4,9-10,15-16,18H,5-8,11-14,17H2,1H3. The average Bonchev–Trinajstić information content (AvgIpc) is 3.30. The van der Waals surface area contributed by atoms with Gasteiger partial charge >= 0.3 is 12.1 Å². The number of halogens is 3. The van der Waals surface area contributed by atoms with E-state index in [1.54, 1.807) is 23.4 Å². The summed E-state index contributed by atoms with van der Waals surface area (Å²) in [6, 6.07) is 7.48. The SMILES string of the molecule is COC(=O)c1cnc(N2CC3(CCOCC3)c3cc(OC4CCN(c5ncccn5)CC4)ccc32)nc1C(F)(F)F. The van der Waals surface area contributed by atoms with Crippen LogP contribution in [0, 0.1) is 0 Å². The first-order valence-corrected chi connectivity index (χ1v) is 13.5. The van der Waals surface area contributed by atoms with E-state index in [1.165, 1.54) is 0 Å². The minimum absolute atomic E-state index is 0.0136. The van der Waals surface area contributed by atoms with Gasteiger partial charge in [-0.25, -0.2) is 24.7 Å². The molecular weight excluding hydrogens is 541 g/mol. The molecule has 0 amide bonds. The number of methoxy groups -OCH3 is 1. The molecule has 0 aliphatic carbocycles. The number of anilines is 3. The second-order valence-corrected chi connectivity index (χ2v) is 10.4. The van der Waals surface area contributed by atoms with Crippen LogP contribution < -0.4 is 14.5 Å². The van der Waals surface area contributed by atoms with Crippen molar-refractivity contribution in [1.82, 2.24) is 19.9 Å². The van der Waals surface area contributed by atoms with Crippen molar-refractivity contribution in [3.63, 3.8) is 0 Å². The van der Waals surface area contributed by atoms with Crippen LogP contribution in [0.25, 0.3) is 0 Å². The fourth-order valence-corrected chi connectivity index (χ4v) is 5.89. The van der Waals surface area contributed by atoms with Gasteiger partial charge in [0, 0.05) is 75.4 Å². The molecule has 1 aromatic carbocycles. The van der Waals surface area contributed by atoms with Crippen molar-refractivity contribution in [1.29, 1.82) is 0 Å². The van der Waals surface area contributed by atoms with Gasteiger partial charge in [0.2, 0.25) is 11.9 Å². The summed E-state index contributed by atoms with van der Waals surface area (Å²) in [7, 11) is 1.02. The lowest BCUT2D eigenvalue weighted by atomic mass is 9.76. The van der Waals surface area contributed by atoms with E-state index in [9.17, 15) is 18.0 Å². The third-order valence-corrected chi connectivity index (χ3v) is 8.01. The zero-order valence-electron chi connectivity index (χ0n) is 22.4. The van der Waals surface area contributed by atoms with Crippen LogP contribution in [0.3, 0.4) is 0 Å². The number of carbonyl (C=O) groups is 1. The molecule has 2 saturated heterocycles. The number of esters is 1. The monoisotopic (exact) mass is 570 g/mol. The van der Waals surface area contributed by atoms with Crippen LogP contribution in [-0.4, -0.2) is 72.0 Å². The quantitative estimate of drug-likeness (QED) is 0.412. The van der Waals surface area contributed by atoms with Gasteiger partial charge in [-0.1, -0.05) is 0 Å². The number of rotatable bonds is 5. The van der Waals surface area contributed by atoms with Gasteiger partial charge < -0.3 is 24.0 Å². The molecule has 2 aromatic heterocycles. The molecule has 41 heavy (non-hydrogen) atoms. The third kappa shape index (κ3) is 5.25. The fraction of sp³-hybridized carbons (Fsp3) is 0.464. The molecule has 0 radical (unpaired) electrons. The Morgan fingerprint density at radius 3 is 2.49 bits per heavy atom. The zero-order chi connectivity index (χ0) is 28.6. The lowest BCUT2D eigenvalue weighted by Crippen LogP contribution is -2.39. The third-order valence-electron chi connectivity index (χ3n) is 8.01. The summed E-state index contributed by atoms with van der Waals surface area (Å²) < 4.78 is 58.2. The van der Waals surface area contributed by atoms with Gasteiger partial charge in [-0.05, 0) is 42.7 Å². The van der Waals surface area contributed by atoms with E-state index in [0.29, 0.717) is 50.0 Å². The van der Waals surface area contributed by atoms with Crippen molar-refractivity contribution >= 4 is 23.6 Å². The molecule has 1 spiro atoms. The predicted molar refractivity (Wildman–Crippen MR) is 141 cm³/mol. The number of carbonyl (C=O) groups excluding carboxylic acids is 1. The number of fused-ring (bicyclic) bond motifs is 2.